The lowest BCUT2D eigenvalue weighted by atomic mass is 10.2. The lowest BCUT2D eigenvalue weighted by Crippen LogP contribution is -2.09. The summed E-state index contributed by atoms with van der Waals surface area (Å²) >= 11 is 0. The molecule has 0 fully saturated rings. The standard InChI is InChI=1S/C17H19N3O/c1-20(2)16-7-4-6-15(12-16)19-13-14-5-3-8-17(11-14)21-10-9-18/h3-8,11-12,19H,10,13H2,1-2H3. The Bertz CT molecular complexity index is 632. The summed E-state index contributed by atoms with van der Waals surface area (Å²) < 4.78 is 5.30. The highest BCUT2D eigenvalue weighted by Gasteiger charge is 2.00. The molecule has 2 rings (SSSR count). The van der Waals surface area contributed by atoms with Gasteiger partial charge in [-0.3, -0.25) is 0 Å². The molecule has 108 valence electrons. The second-order valence-electron chi connectivity index (χ2n) is 4.89. The van der Waals surface area contributed by atoms with Gasteiger partial charge in [-0.1, -0.05) is 18.2 Å². The molecule has 4 nitrogen and oxygen atoms in total. The van der Waals surface area contributed by atoms with Gasteiger partial charge >= 0.3 is 0 Å². The maximum atomic E-state index is 8.53. The monoisotopic (exact) mass is 281 g/mol. The highest BCUT2D eigenvalue weighted by atomic mass is 16.5. The Balaban J connectivity index is 1.99. The summed E-state index contributed by atoms with van der Waals surface area (Å²) in [6.07, 6.45) is 0. The summed E-state index contributed by atoms with van der Waals surface area (Å²) in [5.41, 5.74) is 3.34. The van der Waals surface area contributed by atoms with Crippen molar-refractivity contribution in [3.63, 3.8) is 0 Å². The van der Waals surface area contributed by atoms with Crippen LogP contribution >= 0.6 is 0 Å². The molecule has 0 amide bonds. The van der Waals surface area contributed by atoms with Gasteiger partial charge in [0.1, 0.15) is 11.8 Å². The molecule has 0 bridgehead atoms. The fourth-order valence-electron chi connectivity index (χ4n) is 1.96. The largest absolute Gasteiger partial charge is 0.479 e. The molecule has 0 aliphatic carbocycles. The number of ether oxygens (including phenoxy) is 1. The van der Waals surface area contributed by atoms with Gasteiger partial charge in [0.25, 0.3) is 0 Å². The molecular formula is C17H19N3O. The Morgan fingerprint density at radius 1 is 1.14 bits per heavy atom. The topological polar surface area (TPSA) is 48.3 Å². The minimum absolute atomic E-state index is 0.0712. The second-order valence-corrected chi connectivity index (χ2v) is 4.89. The maximum Gasteiger partial charge on any atom is 0.174 e. The molecule has 0 spiro atoms. The van der Waals surface area contributed by atoms with E-state index in [4.69, 9.17) is 10.00 Å². The number of hydrogen-bond acceptors (Lipinski definition) is 4. The average Bonchev–Trinajstić information content (AvgIpc) is 2.51. The second kappa shape index (κ2) is 7.20. The summed E-state index contributed by atoms with van der Waals surface area (Å²) in [5, 5.41) is 11.9. The number of anilines is 2. The van der Waals surface area contributed by atoms with Gasteiger partial charge in [0.15, 0.2) is 6.61 Å². The fourth-order valence-corrected chi connectivity index (χ4v) is 1.96. The molecule has 2 aromatic carbocycles. The zero-order valence-corrected chi connectivity index (χ0v) is 12.3. The highest BCUT2D eigenvalue weighted by Crippen LogP contribution is 2.19. The van der Waals surface area contributed by atoms with E-state index in [9.17, 15) is 0 Å². The molecule has 0 atom stereocenters. The minimum atomic E-state index is 0.0712. The van der Waals surface area contributed by atoms with E-state index in [1.165, 1.54) is 0 Å². The molecule has 4 heteroatoms. The van der Waals surface area contributed by atoms with Crippen LogP contribution in [0.15, 0.2) is 48.5 Å². The van der Waals surface area contributed by atoms with E-state index in [2.05, 4.69) is 22.3 Å². The van der Waals surface area contributed by atoms with E-state index >= 15 is 0 Å². The van der Waals surface area contributed by atoms with Crippen LogP contribution in [-0.2, 0) is 6.54 Å². The quantitative estimate of drug-likeness (QED) is 0.883. The van der Waals surface area contributed by atoms with Crippen LogP contribution in [0.25, 0.3) is 0 Å². The number of nitriles is 1. The van der Waals surface area contributed by atoms with E-state index in [-0.39, 0.29) is 6.61 Å². The van der Waals surface area contributed by atoms with E-state index in [0.717, 1.165) is 22.7 Å². The van der Waals surface area contributed by atoms with Gasteiger partial charge in [0, 0.05) is 32.0 Å². The summed E-state index contributed by atoms with van der Waals surface area (Å²) in [6, 6.07) is 18.0. The summed E-state index contributed by atoms with van der Waals surface area (Å²) in [5.74, 6) is 0.720. The Morgan fingerprint density at radius 2 is 1.95 bits per heavy atom. The van der Waals surface area contributed by atoms with Gasteiger partial charge in [-0.25, -0.2) is 0 Å². The molecular weight excluding hydrogens is 262 g/mol. The molecule has 0 unspecified atom stereocenters. The van der Waals surface area contributed by atoms with Crippen LogP contribution in [0.4, 0.5) is 11.4 Å². The first-order valence-electron chi connectivity index (χ1n) is 6.79. The molecule has 0 heterocycles. The lowest BCUT2D eigenvalue weighted by molar-refractivity contribution is 0.368. The van der Waals surface area contributed by atoms with Gasteiger partial charge in [0.2, 0.25) is 0 Å². The van der Waals surface area contributed by atoms with Crippen molar-refractivity contribution in [3.05, 3.63) is 54.1 Å². The van der Waals surface area contributed by atoms with Gasteiger partial charge in [0.05, 0.1) is 0 Å². The zero-order chi connectivity index (χ0) is 15.1. The predicted octanol–water partition coefficient (Wildman–Crippen LogP) is 3.27. The molecule has 2 aromatic rings. The Kier molecular flexibility index (Phi) is 5.05. The van der Waals surface area contributed by atoms with Crippen molar-refractivity contribution in [2.45, 2.75) is 6.54 Å². The fraction of sp³-hybridized carbons (Fsp3) is 0.235. The first-order chi connectivity index (χ1) is 10.2. The predicted molar refractivity (Wildman–Crippen MR) is 85.6 cm³/mol. The van der Waals surface area contributed by atoms with Crippen LogP contribution in [-0.4, -0.2) is 20.7 Å². The normalized spacial score (nSPS) is 9.76. The molecule has 1 N–H and O–H groups in total. The molecule has 0 aliphatic heterocycles. The van der Waals surface area contributed by atoms with Crippen LogP contribution in [0.2, 0.25) is 0 Å². The van der Waals surface area contributed by atoms with Crippen LogP contribution in [0, 0.1) is 11.3 Å². The van der Waals surface area contributed by atoms with Crippen molar-refractivity contribution in [1.82, 2.24) is 0 Å². The highest BCUT2D eigenvalue weighted by molar-refractivity contribution is 5.57. The van der Waals surface area contributed by atoms with Crippen LogP contribution in [0.5, 0.6) is 5.75 Å². The first-order valence-corrected chi connectivity index (χ1v) is 6.79. The van der Waals surface area contributed by atoms with Crippen molar-refractivity contribution < 1.29 is 4.74 Å². The molecule has 0 radical (unpaired) electrons. The molecule has 0 saturated carbocycles. The first kappa shape index (κ1) is 14.7. The van der Waals surface area contributed by atoms with Crippen molar-refractivity contribution in [2.75, 3.05) is 30.9 Å². The number of benzene rings is 2. The Morgan fingerprint density at radius 3 is 2.71 bits per heavy atom. The van der Waals surface area contributed by atoms with Crippen LogP contribution in [0.1, 0.15) is 5.56 Å². The van der Waals surface area contributed by atoms with Gasteiger partial charge in [-0.2, -0.15) is 5.26 Å². The SMILES string of the molecule is CN(C)c1cccc(NCc2cccc(OCC#N)c2)c1. The number of hydrogen-bond donors (Lipinski definition) is 1. The molecule has 21 heavy (non-hydrogen) atoms. The van der Waals surface area contributed by atoms with Crippen LogP contribution < -0.4 is 15.0 Å². The third-order valence-corrected chi connectivity index (χ3v) is 3.06. The van der Waals surface area contributed by atoms with Gasteiger partial charge < -0.3 is 15.0 Å². The molecule has 0 saturated heterocycles. The van der Waals surface area contributed by atoms with Gasteiger partial charge in [-0.05, 0) is 35.9 Å². The third-order valence-electron chi connectivity index (χ3n) is 3.06. The number of nitrogens with one attached hydrogen (secondary N) is 1. The van der Waals surface area contributed by atoms with Crippen molar-refractivity contribution in [1.29, 1.82) is 5.26 Å². The lowest BCUT2D eigenvalue weighted by Gasteiger charge is -2.14. The smallest absolute Gasteiger partial charge is 0.174 e. The van der Waals surface area contributed by atoms with Crippen LogP contribution in [0.3, 0.4) is 0 Å². The van der Waals surface area contributed by atoms with E-state index < -0.39 is 0 Å². The molecule has 0 aromatic heterocycles. The summed E-state index contributed by atoms with van der Waals surface area (Å²) in [6.45, 7) is 0.780. The van der Waals surface area contributed by atoms with E-state index in [1.807, 2.05) is 56.6 Å². The van der Waals surface area contributed by atoms with Crippen molar-refractivity contribution in [2.24, 2.45) is 0 Å². The third kappa shape index (κ3) is 4.43. The minimum Gasteiger partial charge on any atom is -0.479 e. The number of rotatable bonds is 6. The number of nitrogens with zero attached hydrogens (tertiary/aromatic N) is 2. The Hall–Kier alpha value is -2.67. The van der Waals surface area contributed by atoms with E-state index in [1.54, 1.807) is 0 Å². The van der Waals surface area contributed by atoms with Crippen molar-refractivity contribution >= 4 is 11.4 Å². The molecule has 0 aliphatic rings. The van der Waals surface area contributed by atoms with E-state index in [0.29, 0.717) is 6.54 Å². The zero-order valence-electron chi connectivity index (χ0n) is 12.3. The Labute approximate surface area is 125 Å². The maximum absolute atomic E-state index is 8.53. The van der Waals surface area contributed by atoms with Gasteiger partial charge in [-0.15, -0.1) is 0 Å². The summed E-state index contributed by atoms with van der Waals surface area (Å²) in [7, 11) is 4.05. The average molecular weight is 281 g/mol. The summed E-state index contributed by atoms with van der Waals surface area (Å²) in [4.78, 5) is 2.07. The van der Waals surface area contributed by atoms with Crippen molar-refractivity contribution in [3.8, 4) is 11.8 Å².